The average molecular weight is 343 g/mol. The van der Waals surface area contributed by atoms with Crippen molar-refractivity contribution in [3.8, 4) is 0 Å². The van der Waals surface area contributed by atoms with Gasteiger partial charge in [0.15, 0.2) is 0 Å². The van der Waals surface area contributed by atoms with Crippen molar-refractivity contribution in [3.05, 3.63) is 57.8 Å². The van der Waals surface area contributed by atoms with E-state index in [9.17, 15) is 14.7 Å². The van der Waals surface area contributed by atoms with Crippen LogP contribution in [0.1, 0.15) is 28.3 Å². The Labute approximate surface area is 145 Å². The van der Waals surface area contributed by atoms with Crippen LogP contribution in [0.25, 0.3) is 0 Å². The molecule has 1 aliphatic rings. The van der Waals surface area contributed by atoms with Crippen LogP contribution in [0.4, 0.5) is 0 Å². The van der Waals surface area contributed by atoms with Crippen LogP contribution < -0.4 is 5.32 Å². The number of thiophene rings is 1. The van der Waals surface area contributed by atoms with Crippen molar-refractivity contribution in [1.82, 2.24) is 5.32 Å². The molecule has 0 aliphatic heterocycles. The van der Waals surface area contributed by atoms with Crippen LogP contribution in [0.5, 0.6) is 0 Å². The van der Waals surface area contributed by atoms with E-state index in [1.807, 2.05) is 30.3 Å². The number of carboxylic acid groups (broad SMARTS) is 1. The molecular formula is C19H21NO3S. The molecule has 0 saturated heterocycles. The molecule has 5 heteroatoms. The fourth-order valence-electron chi connectivity index (χ4n) is 3.04. The maximum atomic E-state index is 12.3. The summed E-state index contributed by atoms with van der Waals surface area (Å²) in [7, 11) is 0. The third-order valence-electron chi connectivity index (χ3n) is 4.56. The molecule has 3 unspecified atom stereocenters. The van der Waals surface area contributed by atoms with Gasteiger partial charge in [-0.05, 0) is 42.3 Å². The molecule has 1 aromatic carbocycles. The van der Waals surface area contributed by atoms with Gasteiger partial charge >= 0.3 is 5.97 Å². The smallest absolute Gasteiger partial charge is 0.308 e. The Balaban J connectivity index is 1.53. The average Bonchev–Trinajstić information content (AvgIpc) is 3.26. The lowest BCUT2D eigenvalue weighted by Gasteiger charge is -2.13. The second-order valence-electron chi connectivity index (χ2n) is 6.39. The molecule has 1 aliphatic carbocycles. The first-order valence-electron chi connectivity index (χ1n) is 8.14. The molecule has 1 heterocycles. The highest BCUT2D eigenvalue weighted by Gasteiger charge is 2.45. The Hall–Kier alpha value is -2.14. The number of hydrogen-bond donors (Lipinski definition) is 2. The van der Waals surface area contributed by atoms with Gasteiger partial charge in [-0.3, -0.25) is 9.59 Å². The highest BCUT2D eigenvalue weighted by atomic mass is 32.1. The minimum Gasteiger partial charge on any atom is -0.481 e. The summed E-state index contributed by atoms with van der Waals surface area (Å²) in [5.74, 6) is -1.19. The van der Waals surface area contributed by atoms with Crippen molar-refractivity contribution in [1.29, 1.82) is 0 Å². The summed E-state index contributed by atoms with van der Waals surface area (Å²) in [4.78, 5) is 25.0. The second kappa shape index (κ2) is 7.18. The summed E-state index contributed by atoms with van der Waals surface area (Å²) >= 11 is 1.70. The van der Waals surface area contributed by atoms with E-state index in [0.29, 0.717) is 12.3 Å². The minimum absolute atomic E-state index is 0.00600. The molecule has 126 valence electrons. The molecule has 1 fully saturated rings. The molecule has 4 nitrogen and oxygen atoms in total. The fourth-order valence-corrected chi connectivity index (χ4v) is 4.15. The van der Waals surface area contributed by atoms with Crippen molar-refractivity contribution >= 4 is 23.2 Å². The molecule has 1 aromatic heterocycles. The van der Waals surface area contributed by atoms with E-state index < -0.39 is 11.9 Å². The number of carbonyl (C=O) groups excluding carboxylic acids is 1. The summed E-state index contributed by atoms with van der Waals surface area (Å²) < 4.78 is 0. The number of rotatable bonds is 7. The summed E-state index contributed by atoms with van der Waals surface area (Å²) in [6.07, 6.45) is 1.29. The van der Waals surface area contributed by atoms with Crippen LogP contribution in [0, 0.1) is 18.8 Å². The van der Waals surface area contributed by atoms with E-state index in [-0.39, 0.29) is 18.4 Å². The van der Waals surface area contributed by atoms with Gasteiger partial charge in [0.25, 0.3) is 0 Å². The van der Waals surface area contributed by atoms with Crippen LogP contribution in [0.15, 0.2) is 41.8 Å². The quantitative estimate of drug-likeness (QED) is 0.811. The Kier molecular flexibility index (Phi) is 5.00. The molecule has 2 aromatic rings. The Morgan fingerprint density at radius 2 is 2.04 bits per heavy atom. The molecule has 3 rings (SSSR count). The number of aryl methyl sites for hydroxylation is 1. The largest absolute Gasteiger partial charge is 0.481 e. The van der Waals surface area contributed by atoms with E-state index in [0.717, 1.165) is 12.0 Å². The fraction of sp³-hybridized carbons (Fsp3) is 0.368. The zero-order valence-electron chi connectivity index (χ0n) is 13.6. The van der Waals surface area contributed by atoms with Gasteiger partial charge in [0.1, 0.15) is 0 Å². The van der Waals surface area contributed by atoms with E-state index in [2.05, 4.69) is 23.7 Å². The Bertz CT molecular complexity index is 725. The summed E-state index contributed by atoms with van der Waals surface area (Å²) in [5.41, 5.74) is 2.21. The van der Waals surface area contributed by atoms with Crippen LogP contribution in [0.2, 0.25) is 0 Å². The zero-order chi connectivity index (χ0) is 17.1. The summed E-state index contributed by atoms with van der Waals surface area (Å²) in [5, 5.41) is 14.3. The predicted molar refractivity (Wildman–Crippen MR) is 94.2 cm³/mol. The Morgan fingerprint density at radius 1 is 1.29 bits per heavy atom. The molecule has 0 radical (unpaired) electrons. The van der Waals surface area contributed by atoms with E-state index in [1.165, 1.54) is 10.4 Å². The van der Waals surface area contributed by atoms with Gasteiger partial charge < -0.3 is 10.4 Å². The number of carbonyl (C=O) groups is 2. The van der Waals surface area contributed by atoms with Crippen molar-refractivity contribution in [2.24, 2.45) is 11.8 Å². The molecule has 2 N–H and O–H groups in total. The van der Waals surface area contributed by atoms with E-state index in [4.69, 9.17) is 0 Å². The van der Waals surface area contributed by atoms with Gasteiger partial charge in [0.2, 0.25) is 5.91 Å². The molecule has 3 atom stereocenters. The lowest BCUT2D eigenvalue weighted by molar-refractivity contribution is -0.141. The second-order valence-corrected chi connectivity index (χ2v) is 7.33. The van der Waals surface area contributed by atoms with Crippen LogP contribution in [-0.4, -0.2) is 23.5 Å². The highest BCUT2D eigenvalue weighted by molar-refractivity contribution is 7.10. The standard InChI is InChI=1S/C19H21NO3S/c1-12-7-8-24-17(12)15-10-16(15)18(21)20-11-14(19(22)23)9-13-5-3-2-4-6-13/h2-8,14-16H,9-11H2,1H3,(H,20,21)(H,22,23). The first-order valence-corrected chi connectivity index (χ1v) is 9.02. The van der Waals surface area contributed by atoms with Gasteiger partial charge in [-0.1, -0.05) is 30.3 Å². The number of aliphatic carboxylic acids is 1. The van der Waals surface area contributed by atoms with Gasteiger partial charge in [-0.15, -0.1) is 11.3 Å². The van der Waals surface area contributed by atoms with E-state index in [1.54, 1.807) is 11.3 Å². The maximum Gasteiger partial charge on any atom is 0.308 e. The third kappa shape index (κ3) is 3.85. The van der Waals surface area contributed by atoms with Crippen LogP contribution >= 0.6 is 11.3 Å². The van der Waals surface area contributed by atoms with Gasteiger partial charge in [-0.25, -0.2) is 0 Å². The first kappa shape index (κ1) is 16.7. The van der Waals surface area contributed by atoms with E-state index >= 15 is 0 Å². The molecule has 0 bridgehead atoms. The Morgan fingerprint density at radius 3 is 2.67 bits per heavy atom. The molecule has 1 amide bonds. The topological polar surface area (TPSA) is 66.4 Å². The van der Waals surface area contributed by atoms with Crippen molar-refractivity contribution in [3.63, 3.8) is 0 Å². The minimum atomic E-state index is -0.874. The molecule has 24 heavy (non-hydrogen) atoms. The predicted octanol–water partition coefficient (Wildman–Crippen LogP) is 3.22. The number of amides is 1. The number of hydrogen-bond acceptors (Lipinski definition) is 3. The SMILES string of the molecule is Cc1ccsc1C1CC1C(=O)NCC(Cc1ccccc1)C(=O)O. The summed E-state index contributed by atoms with van der Waals surface area (Å²) in [6.45, 7) is 2.25. The molecular weight excluding hydrogens is 322 g/mol. The third-order valence-corrected chi connectivity index (χ3v) is 5.71. The number of benzene rings is 1. The van der Waals surface area contributed by atoms with Crippen molar-refractivity contribution in [2.75, 3.05) is 6.54 Å². The molecule has 1 saturated carbocycles. The lowest BCUT2D eigenvalue weighted by atomic mass is 9.99. The number of carboxylic acids is 1. The van der Waals surface area contributed by atoms with Crippen molar-refractivity contribution < 1.29 is 14.7 Å². The van der Waals surface area contributed by atoms with Gasteiger partial charge in [0.05, 0.1) is 5.92 Å². The van der Waals surface area contributed by atoms with Crippen LogP contribution in [0.3, 0.4) is 0 Å². The lowest BCUT2D eigenvalue weighted by Crippen LogP contribution is -2.35. The van der Waals surface area contributed by atoms with Crippen LogP contribution in [-0.2, 0) is 16.0 Å². The van der Waals surface area contributed by atoms with Gasteiger partial charge in [-0.2, -0.15) is 0 Å². The van der Waals surface area contributed by atoms with Gasteiger partial charge in [0, 0.05) is 23.3 Å². The normalized spacial score (nSPS) is 20.4. The van der Waals surface area contributed by atoms with Crippen molar-refractivity contribution in [2.45, 2.75) is 25.7 Å². The molecule has 0 spiro atoms. The summed E-state index contributed by atoms with van der Waals surface area (Å²) in [6, 6.07) is 11.6. The number of nitrogens with one attached hydrogen (secondary N) is 1. The highest BCUT2D eigenvalue weighted by Crippen LogP contribution is 2.50. The zero-order valence-corrected chi connectivity index (χ0v) is 14.4. The monoisotopic (exact) mass is 343 g/mol. The maximum absolute atomic E-state index is 12.3. The first-order chi connectivity index (χ1) is 11.6.